The first-order valence-electron chi connectivity index (χ1n) is 5.73. The van der Waals surface area contributed by atoms with Crippen molar-refractivity contribution in [3.63, 3.8) is 0 Å². The van der Waals surface area contributed by atoms with Gasteiger partial charge in [-0.3, -0.25) is 0 Å². The fourth-order valence-electron chi connectivity index (χ4n) is 0. The van der Waals surface area contributed by atoms with Gasteiger partial charge in [-0.2, -0.15) is 0 Å². The van der Waals surface area contributed by atoms with Crippen LogP contribution in [-0.4, -0.2) is 0 Å². The van der Waals surface area contributed by atoms with E-state index in [1.807, 2.05) is 62.3 Å². The van der Waals surface area contributed by atoms with Crippen molar-refractivity contribution in [3.05, 3.63) is 0 Å². The quantitative estimate of drug-likeness (QED) is 0.468. The zero-order chi connectivity index (χ0) is 12.1. The molecular formula is C11H30. The predicted molar refractivity (Wildman–Crippen MR) is 59.2 cm³/mol. The smallest absolute Gasteiger partial charge is 0.0294 e. The molecule has 0 aromatic carbocycles. The summed E-state index contributed by atoms with van der Waals surface area (Å²) in [4.78, 5) is 0. The monoisotopic (exact) mass is 166 g/mol. The summed E-state index contributed by atoms with van der Waals surface area (Å²) >= 11 is 0. The Kier molecular flexibility index (Phi) is 62.5. The zero-order valence-corrected chi connectivity index (χ0v) is 10.1. The molecule has 0 aliphatic rings. The van der Waals surface area contributed by atoms with Gasteiger partial charge >= 0.3 is 0 Å². The SMILES string of the molecule is CC.CC.[3H]C(C)(C)C.[3H]C(C)C. The first-order chi connectivity index (χ1) is 5.73. The van der Waals surface area contributed by atoms with Crippen LogP contribution in [0.3, 0.4) is 0 Å². The van der Waals surface area contributed by atoms with E-state index in [1.165, 1.54) is 0 Å². The Hall–Kier alpha value is 0. The van der Waals surface area contributed by atoms with Crippen LogP contribution in [0, 0.1) is 5.89 Å². The summed E-state index contributed by atoms with van der Waals surface area (Å²) in [5, 5.41) is 0. The lowest BCUT2D eigenvalue weighted by atomic mass is 10.3. The average molecular weight is 166 g/mol. The average Bonchev–Trinajstić information content (AvgIpc) is 1.90. The van der Waals surface area contributed by atoms with Gasteiger partial charge in [0, 0.05) is 2.74 Å². The molecule has 0 heterocycles. The Bertz CT molecular complexity index is 44.8. The summed E-state index contributed by atoms with van der Waals surface area (Å²) in [6.07, 6.45) is 0.0833. The Labute approximate surface area is 78.2 Å². The summed E-state index contributed by atoms with van der Waals surface area (Å²) in [5.41, 5.74) is 0. The fraction of sp³-hybridized carbons (Fsp3) is 1.00. The maximum atomic E-state index is 6.94. The molecule has 0 unspecified atom stereocenters. The first-order valence-corrected chi connectivity index (χ1v) is 4.65. The molecule has 0 aromatic rings. The van der Waals surface area contributed by atoms with Crippen molar-refractivity contribution in [2.75, 3.05) is 0 Å². The van der Waals surface area contributed by atoms with Crippen LogP contribution in [-0.2, 0) is 0 Å². The molecule has 0 heteroatoms. The summed E-state index contributed by atoms with van der Waals surface area (Å²) in [7, 11) is 0. The molecule has 0 atom stereocenters. The molecule has 0 bridgehead atoms. The van der Waals surface area contributed by atoms with Gasteiger partial charge in [-0.15, -0.1) is 0 Å². The van der Waals surface area contributed by atoms with Gasteiger partial charge in [0.25, 0.3) is 0 Å². The van der Waals surface area contributed by atoms with Gasteiger partial charge in [0.2, 0.25) is 0 Å². The van der Waals surface area contributed by atoms with Gasteiger partial charge < -0.3 is 0 Å². The minimum atomic E-state index is -0.250. The van der Waals surface area contributed by atoms with Crippen molar-refractivity contribution in [1.29, 1.82) is 0 Å². The molecule has 0 saturated heterocycles. The van der Waals surface area contributed by atoms with E-state index >= 15 is 0 Å². The van der Waals surface area contributed by atoms with Crippen LogP contribution in [0.25, 0.3) is 0 Å². The molecule has 0 N–H and O–H groups in total. The molecule has 0 fully saturated rings. The minimum Gasteiger partial charge on any atom is -0.0683 e. The van der Waals surface area contributed by atoms with Gasteiger partial charge in [0.1, 0.15) is 0 Å². The third kappa shape index (κ3) is 0. The number of hydrogen-bond acceptors (Lipinski definition) is 0. The van der Waals surface area contributed by atoms with E-state index in [2.05, 4.69) is 0 Å². The van der Waals surface area contributed by atoms with E-state index in [-0.39, 0.29) is 12.3 Å². The molecule has 0 aliphatic heterocycles. The van der Waals surface area contributed by atoms with Crippen molar-refractivity contribution in [3.8, 4) is 0 Å². The Morgan fingerprint density at radius 2 is 1.00 bits per heavy atom. The van der Waals surface area contributed by atoms with Crippen LogP contribution in [0.2, 0.25) is 0 Å². The molecule has 0 aliphatic carbocycles. The van der Waals surface area contributed by atoms with E-state index in [4.69, 9.17) is 2.74 Å². The largest absolute Gasteiger partial charge is 0.0683 e. The molecule has 74 valence electrons. The molecule has 0 radical (unpaired) electrons. The zero-order valence-electron chi connectivity index (χ0n) is 12.1. The Morgan fingerprint density at radius 3 is 1.00 bits per heavy atom. The van der Waals surface area contributed by atoms with E-state index in [0.717, 1.165) is 0 Å². The Balaban J connectivity index is -0.0000000457. The van der Waals surface area contributed by atoms with Crippen LogP contribution >= 0.6 is 0 Å². The van der Waals surface area contributed by atoms with Gasteiger partial charge in [-0.1, -0.05) is 68.7 Å². The fourth-order valence-corrected chi connectivity index (χ4v) is 0. The maximum Gasteiger partial charge on any atom is 0.0294 e. The second-order valence-corrected chi connectivity index (χ2v) is 2.08. The van der Waals surface area contributed by atoms with Crippen LogP contribution < -0.4 is 0 Å². The van der Waals surface area contributed by atoms with Crippen molar-refractivity contribution in [2.45, 2.75) is 68.7 Å². The van der Waals surface area contributed by atoms with E-state index in [9.17, 15) is 0 Å². The molecule has 0 rings (SSSR count). The maximum absolute atomic E-state index is 6.94. The van der Waals surface area contributed by atoms with Crippen molar-refractivity contribution >= 4 is 0 Å². The van der Waals surface area contributed by atoms with Gasteiger partial charge in [-0.05, 0) is 5.89 Å². The van der Waals surface area contributed by atoms with Gasteiger partial charge in [0.05, 0.1) is 0 Å². The summed E-state index contributed by atoms with van der Waals surface area (Å²) in [6, 6.07) is 0. The van der Waals surface area contributed by atoms with Crippen LogP contribution in [0.1, 0.15) is 71.5 Å². The lowest BCUT2D eigenvalue weighted by Gasteiger charge is -1.79. The second kappa shape index (κ2) is 50.6. The highest BCUT2D eigenvalue weighted by Crippen LogP contribution is 1.81. The molecule has 0 saturated carbocycles. The van der Waals surface area contributed by atoms with E-state index in [1.54, 1.807) is 0 Å². The first kappa shape index (κ1) is 13.6. The Morgan fingerprint density at radius 1 is 1.00 bits per heavy atom. The predicted octanol–water partition coefficient (Wildman–Crippen LogP) is 5.13. The molecule has 0 nitrogen and oxygen atoms in total. The topological polar surface area (TPSA) is 0 Å². The lowest BCUT2D eigenvalue weighted by Crippen LogP contribution is -1.66. The molecular weight excluding hydrogens is 132 g/mol. The molecule has 0 amide bonds. The number of hydrogen-bond donors (Lipinski definition) is 0. The van der Waals surface area contributed by atoms with Crippen molar-refractivity contribution in [2.24, 2.45) is 5.89 Å². The highest BCUT2D eigenvalue weighted by atomic mass is 13.7. The summed E-state index contributed by atoms with van der Waals surface area (Å²) in [5.74, 6) is -0.250. The van der Waals surface area contributed by atoms with Crippen LogP contribution in [0.5, 0.6) is 0 Å². The van der Waals surface area contributed by atoms with Crippen molar-refractivity contribution in [1.82, 2.24) is 0 Å². The van der Waals surface area contributed by atoms with E-state index < -0.39 is 0 Å². The van der Waals surface area contributed by atoms with Gasteiger partial charge in [0.15, 0.2) is 0 Å². The van der Waals surface area contributed by atoms with E-state index in [0.29, 0.717) is 0 Å². The third-order valence-electron chi connectivity index (χ3n) is 0. The summed E-state index contributed by atoms with van der Waals surface area (Å²) in [6.45, 7) is 17.2. The number of rotatable bonds is 0. The third-order valence-corrected chi connectivity index (χ3v) is 0. The van der Waals surface area contributed by atoms with Crippen LogP contribution in [0.4, 0.5) is 0 Å². The second-order valence-electron chi connectivity index (χ2n) is 2.08. The van der Waals surface area contributed by atoms with Gasteiger partial charge in [-0.25, -0.2) is 0 Å². The molecule has 0 spiro atoms. The molecule has 11 heavy (non-hydrogen) atoms. The summed E-state index contributed by atoms with van der Waals surface area (Å²) < 4.78 is 13.5. The van der Waals surface area contributed by atoms with Crippen LogP contribution in [0.15, 0.2) is 0 Å². The minimum absolute atomic E-state index is 0.0833. The standard InChI is InChI=1S/C4H10.C3H8.2C2H6/c1-4(2)3;1-3-2;2*1-2/h4H,1-3H3;3H2,1-2H3;2*1-2H3/i4T;3T;;. The highest BCUT2D eigenvalue weighted by molar-refractivity contribution is 4.20. The lowest BCUT2D eigenvalue weighted by molar-refractivity contribution is 0.737. The normalized spacial score (nSPS) is 10.0. The highest BCUT2D eigenvalue weighted by Gasteiger charge is 1.68. The molecule has 0 aromatic heterocycles. The van der Waals surface area contributed by atoms with Crippen molar-refractivity contribution < 1.29 is 2.74 Å².